The van der Waals surface area contributed by atoms with Gasteiger partial charge < -0.3 is 5.32 Å². The molecule has 1 aromatic heterocycles. The molecule has 20 heavy (non-hydrogen) atoms. The summed E-state index contributed by atoms with van der Waals surface area (Å²) in [6.07, 6.45) is 5.79. The van der Waals surface area contributed by atoms with Crippen LogP contribution in [0.3, 0.4) is 0 Å². The van der Waals surface area contributed by atoms with Crippen molar-refractivity contribution in [2.45, 2.75) is 37.8 Å². The molecule has 0 aliphatic heterocycles. The van der Waals surface area contributed by atoms with Gasteiger partial charge in [0, 0.05) is 18.8 Å². The zero-order valence-corrected chi connectivity index (χ0v) is 13.9. The summed E-state index contributed by atoms with van der Waals surface area (Å²) in [5.41, 5.74) is 0. The molecule has 1 rings (SSSR count). The largest absolute Gasteiger partial charge is 0.315 e. The number of nitrogens with one attached hydrogen (secondary N) is 2. The van der Waals surface area contributed by atoms with Crippen LogP contribution >= 0.6 is 11.8 Å². The first-order chi connectivity index (χ1) is 9.49. The molecule has 8 heteroatoms. The first kappa shape index (κ1) is 17.5. The third-order valence-corrected chi connectivity index (χ3v) is 4.99. The molecular weight excluding hydrogens is 296 g/mol. The number of hydrogen-bond donors (Lipinski definition) is 2. The van der Waals surface area contributed by atoms with E-state index < -0.39 is 10.0 Å². The molecule has 0 saturated heterocycles. The van der Waals surface area contributed by atoms with Crippen molar-refractivity contribution in [2.75, 3.05) is 25.1 Å². The molecule has 1 aromatic rings. The molecule has 1 unspecified atom stereocenters. The molecule has 116 valence electrons. The standard InChI is InChI=1S/C12H24N4O2S2/c1-4-13-6-7-16-10-12(9-14-16)20(17,18)15-11(2)5-8-19-3/h9-11,13,15H,4-8H2,1-3H3. The van der Waals surface area contributed by atoms with Crippen LogP contribution in [0, 0.1) is 0 Å². The lowest BCUT2D eigenvalue weighted by Crippen LogP contribution is -2.32. The van der Waals surface area contributed by atoms with E-state index in [0.29, 0.717) is 6.54 Å². The van der Waals surface area contributed by atoms with E-state index in [1.807, 2.05) is 20.1 Å². The van der Waals surface area contributed by atoms with E-state index in [1.165, 1.54) is 6.20 Å². The Balaban J connectivity index is 2.59. The molecule has 2 N–H and O–H groups in total. The summed E-state index contributed by atoms with van der Waals surface area (Å²) in [6, 6.07) is -0.0717. The predicted molar refractivity (Wildman–Crippen MR) is 83.6 cm³/mol. The molecule has 0 saturated carbocycles. The van der Waals surface area contributed by atoms with Crippen LogP contribution in [0.1, 0.15) is 20.3 Å². The Labute approximate surface area is 125 Å². The average Bonchev–Trinajstić information content (AvgIpc) is 2.86. The van der Waals surface area contributed by atoms with Crippen LogP contribution in [0.2, 0.25) is 0 Å². The summed E-state index contributed by atoms with van der Waals surface area (Å²) in [4.78, 5) is 0.227. The SMILES string of the molecule is CCNCCn1cc(S(=O)(=O)NC(C)CCSC)cn1. The smallest absolute Gasteiger partial charge is 0.243 e. The van der Waals surface area contributed by atoms with E-state index in [1.54, 1.807) is 22.6 Å². The highest BCUT2D eigenvalue weighted by Gasteiger charge is 2.19. The van der Waals surface area contributed by atoms with E-state index in [9.17, 15) is 8.42 Å². The van der Waals surface area contributed by atoms with Gasteiger partial charge >= 0.3 is 0 Å². The van der Waals surface area contributed by atoms with Crippen molar-refractivity contribution in [1.29, 1.82) is 0 Å². The Morgan fingerprint density at radius 1 is 1.50 bits per heavy atom. The van der Waals surface area contributed by atoms with Gasteiger partial charge in [-0.15, -0.1) is 0 Å². The molecule has 0 amide bonds. The minimum absolute atomic E-state index is 0.0717. The summed E-state index contributed by atoms with van der Waals surface area (Å²) < 4.78 is 28.6. The van der Waals surface area contributed by atoms with Gasteiger partial charge in [-0.2, -0.15) is 16.9 Å². The molecular formula is C12H24N4O2S2. The van der Waals surface area contributed by atoms with Gasteiger partial charge in [-0.3, -0.25) is 4.68 Å². The monoisotopic (exact) mass is 320 g/mol. The zero-order chi connectivity index (χ0) is 15.0. The lowest BCUT2D eigenvalue weighted by Gasteiger charge is -2.12. The minimum Gasteiger partial charge on any atom is -0.315 e. The number of hydrogen-bond acceptors (Lipinski definition) is 5. The number of aromatic nitrogens is 2. The predicted octanol–water partition coefficient (Wildman–Crippen LogP) is 0.913. The average molecular weight is 320 g/mol. The Bertz CT molecular complexity index is 487. The molecule has 0 bridgehead atoms. The van der Waals surface area contributed by atoms with Gasteiger partial charge in [0.25, 0.3) is 0 Å². The molecule has 0 spiro atoms. The molecule has 0 aliphatic rings. The maximum Gasteiger partial charge on any atom is 0.243 e. The van der Waals surface area contributed by atoms with Gasteiger partial charge in [-0.1, -0.05) is 6.92 Å². The number of nitrogens with zero attached hydrogens (tertiary/aromatic N) is 2. The summed E-state index contributed by atoms with van der Waals surface area (Å²) in [6.45, 7) is 6.23. The van der Waals surface area contributed by atoms with Crippen LogP contribution in [0.15, 0.2) is 17.3 Å². The third-order valence-electron chi connectivity index (χ3n) is 2.80. The number of rotatable bonds is 10. The normalized spacial score (nSPS) is 13.6. The van der Waals surface area contributed by atoms with Crippen molar-refractivity contribution >= 4 is 21.8 Å². The van der Waals surface area contributed by atoms with Crippen LogP contribution in [-0.4, -0.2) is 49.3 Å². The second-order valence-electron chi connectivity index (χ2n) is 4.60. The molecule has 1 heterocycles. The van der Waals surface area contributed by atoms with E-state index in [-0.39, 0.29) is 10.9 Å². The van der Waals surface area contributed by atoms with Crippen LogP contribution in [0.25, 0.3) is 0 Å². The van der Waals surface area contributed by atoms with Gasteiger partial charge in [-0.25, -0.2) is 13.1 Å². The Kier molecular flexibility index (Phi) is 7.57. The summed E-state index contributed by atoms with van der Waals surface area (Å²) >= 11 is 1.71. The van der Waals surface area contributed by atoms with Crippen molar-refractivity contribution in [1.82, 2.24) is 19.8 Å². The van der Waals surface area contributed by atoms with Crippen molar-refractivity contribution in [3.05, 3.63) is 12.4 Å². The van der Waals surface area contributed by atoms with Gasteiger partial charge in [-0.05, 0) is 31.9 Å². The first-order valence-corrected chi connectivity index (χ1v) is 9.61. The van der Waals surface area contributed by atoms with E-state index in [2.05, 4.69) is 15.1 Å². The lowest BCUT2D eigenvalue weighted by molar-refractivity contribution is 0.554. The van der Waals surface area contributed by atoms with Gasteiger partial charge in [0.05, 0.1) is 12.7 Å². The van der Waals surface area contributed by atoms with Gasteiger partial charge in [0.1, 0.15) is 4.90 Å². The Hall–Kier alpha value is -0.570. The van der Waals surface area contributed by atoms with Crippen molar-refractivity contribution in [2.24, 2.45) is 0 Å². The van der Waals surface area contributed by atoms with Gasteiger partial charge in [0.15, 0.2) is 0 Å². The number of sulfonamides is 1. The Morgan fingerprint density at radius 3 is 2.90 bits per heavy atom. The molecule has 0 aliphatic carbocycles. The fourth-order valence-electron chi connectivity index (χ4n) is 1.66. The second kappa shape index (κ2) is 8.66. The highest BCUT2D eigenvalue weighted by Crippen LogP contribution is 2.09. The first-order valence-electron chi connectivity index (χ1n) is 6.74. The fraction of sp³-hybridized carbons (Fsp3) is 0.750. The van der Waals surface area contributed by atoms with Crippen LogP contribution in [0.4, 0.5) is 0 Å². The molecule has 0 radical (unpaired) electrons. The maximum atomic E-state index is 12.2. The van der Waals surface area contributed by atoms with Crippen molar-refractivity contribution in [3.8, 4) is 0 Å². The zero-order valence-electron chi connectivity index (χ0n) is 12.3. The lowest BCUT2D eigenvalue weighted by atomic mass is 10.3. The van der Waals surface area contributed by atoms with Gasteiger partial charge in [0.2, 0.25) is 10.0 Å². The summed E-state index contributed by atoms with van der Waals surface area (Å²) in [5.74, 6) is 0.936. The Morgan fingerprint density at radius 2 is 2.25 bits per heavy atom. The molecule has 1 atom stereocenters. The molecule has 0 fully saturated rings. The topological polar surface area (TPSA) is 76.0 Å². The molecule has 6 nitrogen and oxygen atoms in total. The second-order valence-corrected chi connectivity index (χ2v) is 7.30. The quantitative estimate of drug-likeness (QED) is 0.627. The maximum absolute atomic E-state index is 12.2. The summed E-state index contributed by atoms with van der Waals surface area (Å²) in [7, 11) is -3.46. The summed E-state index contributed by atoms with van der Waals surface area (Å²) in [5, 5.41) is 7.25. The minimum atomic E-state index is -3.46. The number of thioether (sulfide) groups is 1. The van der Waals surface area contributed by atoms with Crippen LogP contribution in [0.5, 0.6) is 0 Å². The fourth-order valence-corrected chi connectivity index (χ4v) is 3.48. The van der Waals surface area contributed by atoms with E-state index >= 15 is 0 Å². The van der Waals surface area contributed by atoms with E-state index in [4.69, 9.17) is 0 Å². The number of likely N-dealkylation sites (N-methyl/N-ethyl adjacent to an activating group) is 1. The molecule has 0 aromatic carbocycles. The highest BCUT2D eigenvalue weighted by atomic mass is 32.2. The van der Waals surface area contributed by atoms with Crippen molar-refractivity contribution in [3.63, 3.8) is 0 Å². The highest BCUT2D eigenvalue weighted by molar-refractivity contribution is 7.98. The van der Waals surface area contributed by atoms with E-state index in [0.717, 1.165) is 25.3 Å². The van der Waals surface area contributed by atoms with Crippen LogP contribution in [-0.2, 0) is 16.6 Å². The van der Waals surface area contributed by atoms with Crippen LogP contribution < -0.4 is 10.0 Å². The van der Waals surface area contributed by atoms with Crippen molar-refractivity contribution < 1.29 is 8.42 Å². The third kappa shape index (κ3) is 5.82.